The standard InChI is InChI=1S/C13H23N3O2/c1-3-15(4-2)13(18)16-8-7-11-10(9-16)5-6-12(17)14-11/h10-11H,3-9H2,1-2H3,(H,14,17). The summed E-state index contributed by atoms with van der Waals surface area (Å²) >= 11 is 0. The molecule has 0 aromatic heterocycles. The number of urea groups is 1. The Bertz CT molecular complexity index is 328. The van der Waals surface area contributed by atoms with Crippen molar-refractivity contribution in [1.82, 2.24) is 15.1 Å². The largest absolute Gasteiger partial charge is 0.353 e. The third-order valence-corrected chi connectivity index (χ3v) is 4.13. The molecule has 5 heteroatoms. The predicted octanol–water partition coefficient (Wildman–Crippen LogP) is 1.05. The molecule has 0 aromatic rings. The Morgan fingerprint density at radius 1 is 1.39 bits per heavy atom. The van der Waals surface area contributed by atoms with Crippen LogP contribution in [-0.4, -0.2) is 54.0 Å². The summed E-state index contributed by atoms with van der Waals surface area (Å²) in [6, 6.07) is 0.433. The SMILES string of the molecule is CCN(CC)C(=O)N1CCC2NC(=O)CCC2C1. The van der Waals surface area contributed by atoms with Crippen LogP contribution in [0.1, 0.15) is 33.1 Å². The number of amides is 3. The van der Waals surface area contributed by atoms with Gasteiger partial charge in [-0.05, 0) is 32.6 Å². The van der Waals surface area contributed by atoms with Crippen molar-refractivity contribution in [1.29, 1.82) is 0 Å². The summed E-state index contributed by atoms with van der Waals surface area (Å²) in [7, 11) is 0. The van der Waals surface area contributed by atoms with Crippen molar-refractivity contribution in [3.63, 3.8) is 0 Å². The van der Waals surface area contributed by atoms with E-state index in [1.807, 2.05) is 23.6 Å². The minimum atomic E-state index is 0.148. The molecule has 0 aromatic carbocycles. The molecule has 0 spiro atoms. The van der Waals surface area contributed by atoms with E-state index in [0.29, 0.717) is 12.3 Å². The number of nitrogens with one attached hydrogen (secondary N) is 1. The van der Waals surface area contributed by atoms with Crippen molar-refractivity contribution in [2.45, 2.75) is 39.2 Å². The molecule has 102 valence electrons. The van der Waals surface area contributed by atoms with Gasteiger partial charge in [0.2, 0.25) is 5.91 Å². The predicted molar refractivity (Wildman–Crippen MR) is 69.2 cm³/mol. The summed E-state index contributed by atoms with van der Waals surface area (Å²) in [6.45, 7) is 7.09. The van der Waals surface area contributed by atoms with Crippen LogP contribution in [0.3, 0.4) is 0 Å². The molecule has 2 saturated heterocycles. The van der Waals surface area contributed by atoms with Gasteiger partial charge < -0.3 is 15.1 Å². The molecular weight excluding hydrogens is 230 g/mol. The summed E-state index contributed by atoms with van der Waals surface area (Å²) < 4.78 is 0. The van der Waals surface area contributed by atoms with Gasteiger partial charge in [0.15, 0.2) is 0 Å². The van der Waals surface area contributed by atoms with E-state index in [1.165, 1.54) is 0 Å². The van der Waals surface area contributed by atoms with Crippen LogP contribution < -0.4 is 5.32 Å². The Balaban J connectivity index is 1.94. The lowest BCUT2D eigenvalue weighted by Gasteiger charge is -2.42. The molecule has 0 saturated carbocycles. The van der Waals surface area contributed by atoms with E-state index in [1.54, 1.807) is 0 Å². The summed E-state index contributed by atoms with van der Waals surface area (Å²) in [4.78, 5) is 27.4. The molecule has 0 aliphatic carbocycles. The highest BCUT2D eigenvalue weighted by atomic mass is 16.2. The normalized spacial score (nSPS) is 27.4. The topological polar surface area (TPSA) is 52.7 Å². The van der Waals surface area contributed by atoms with Crippen LogP contribution in [0.15, 0.2) is 0 Å². The molecule has 2 aliphatic rings. The second-order valence-electron chi connectivity index (χ2n) is 5.16. The molecule has 5 nitrogen and oxygen atoms in total. The minimum Gasteiger partial charge on any atom is -0.353 e. The number of hydrogen-bond donors (Lipinski definition) is 1. The highest BCUT2D eigenvalue weighted by Gasteiger charge is 2.35. The summed E-state index contributed by atoms with van der Waals surface area (Å²) in [5, 5.41) is 3.04. The van der Waals surface area contributed by atoms with Gasteiger partial charge in [-0.3, -0.25) is 4.79 Å². The van der Waals surface area contributed by atoms with Crippen LogP contribution in [0.5, 0.6) is 0 Å². The molecule has 1 N–H and O–H groups in total. The second kappa shape index (κ2) is 5.59. The van der Waals surface area contributed by atoms with Crippen molar-refractivity contribution >= 4 is 11.9 Å². The lowest BCUT2D eigenvalue weighted by Crippen LogP contribution is -2.57. The van der Waals surface area contributed by atoms with Crippen molar-refractivity contribution in [2.24, 2.45) is 5.92 Å². The summed E-state index contributed by atoms with van der Waals surface area (Å²) in [5.41, 5.74) is 0. The average molecular weight is 253 g/mol. The van der Waals surface area contributed by atoms with Gasteiger partial charge in [-0.1, -0.05) is 0 Å². The first-order valence-corrected chi connectivity index (χ1v) is 6.98. The molecular formula is C13H23N3O2. The molecule has 2 fully saturated rings. The lowest BCUT2D eigenvalue weighted by atomic mass is 9.85. The van der Waals surface area contributed by atoms with Gasteiger partial charge in [-0.25, -0.2) is 4.79 Å². The molecule has 2 aliphatic heterocycles. The highest BCUT2D eigenvalue weighted by Crippen LogP contribution is 2.25. The summed E-state index contributed by atoms with van der Waals surface area (Å²) in [5.74, 6) is 0.607. The lowest BCUT2D eigenvalue weighted by molar-refractivity contribution is -0.125. The Morgan fingerprint density at radius 2 is 2.11 bits per heavy atom. The average Bonchev–Trinajstić information content (AvgIpc) is 2.39. The maximum atomic E-state index is 12.3. The van der Waals surface area contributed by atoms with Gasteiger partial charge >= 0.3 is 6.03 Å². The Hall–Kier alpha value is -1.26. The number of rotatable bonds is 2. The zero-order valence-electron chi connectivity index (χ0n) is 11.3. The van der Waals surface area contributed by atoms with Crippen molar-refractivity contribution in [3.8, 4) is 0 Å². The van der Waals surface area contributed by atoms with Crippen molar-refractivity contribution in [2.75, 3.05) is 26.2 Å². The van der Waals surface area contributed by atoms with Crippen LogP contribution in [0.25, 0.3) is 0 Å². The molecule has 3 amide bonds. The van der Waals surface area contributed by atoms with E-state index in [-0.39, 0.29) is 18.0 Å². The van der Waals surface area contributed by atoms with E-state index in [9.17, 15) is 9.59 Å². The third-order valence-electron chi connectivity index (χ3n) is 4.13. The smallest absolute Gasteiger partial charge is 0.319 e. The molecule has 2 unspecified atom stereocenters. The van der Waals surface area contributed by atoms with Gasteiger partial charge in [-0.2, -0.15) is 0 Å². The van der Waals surface area contributed by atoms with E-state index < -0.39 is 0 Å². The zero-order valence-corrected chi connectivity index (χ0v) is 11.3. The number of fused-ring (bicyclic) bond motifs is 1. The van der Waals surface area contributed by atoms with E-state index in [2.05, 4.69) is 5.32 Å². The van der Waals surface area contributed by atoms with Gasteiger partial charge in [0.25, 0.3) is 0 Å². The van der Waals surface area contributed by atoms with E-state index in [4.69, 9.17) is 0 Å². The first kappa shape index (κ1) is 13.2. The van der Waals surface area contributed by atoms with E-state index >= 15 is 0 Å². The quantitative estimate of drug-likeness (QED) is 0.799. The fraction of sp³-hybridized carbons (Fsp3) is 0.846. The maximum Gasteiger partial charge on any atom is 0.319 e. The van der Waals surface area contributed by atoms with Crippen molar-refractivity contribution in [3.05, 3.63) is 0 Å². The fourth-order valence-corrected chi connectivity index (χ4v) is 2.98. The minimum absolute atomic E-state index is 0.148. The molecule has 18 heavy (non-hydrogen) atoms. The van der Waals surface area contributed by atoms with Gasteiger partial charge in [0.05, 0.1) is 0 Å². The third kappa shape index (κ3) is 2.60. The van der Waals surface area contributed by atoms with Crippen LogP contribution in [0.4, 0.5) is 4.79 Å². The number of piperidine rings is 2. The highest BCUT2D eigenvalue weighted by molar-refractivity contribution is 5.77. The van der Waals surface area contributed by atoms with E-state index in [0.717, 1.165) is 39.0 Å². The molecule has 2 heterocycles. The van der Waals surface area contributed by atoms with Crippen LogP contribution in [0.2, 0.25) is 0 Å². The Labute approximate surface area is 108 Å². The van der Waals surface area contributed by atoms with Gasteiger partial charge in [0, 0.05) is 38.6 Å². The Morgan fingerprint density at radius 3 is 2.78 bits per heavy atom. The first-order valence-electron chi connectivity index (χ1n) is 6.98. The van der Waals surface area contributed by atoms with Crippen LogP contribution in [0, 0.1) is 5.92 Å². The second-order valence-corrected chi connectivity index (χ2v) is 5.16. The number of nitrogens with zero attached hydrogens (tertiary/aromatic N) is 2. The molecule has 2 atom stereocenters. The number of likely N-dealkylation sites (tertiary alicyclic amines) is 1. The molecule has 0 radical (unpaired) electrons. The fourth-order valence-electron chi connectivity index (χ4n) is 2.98. The Kier molecular flexibility index (Phi) is 4.09. The number of carbonyl (C=O) groups excluding carboxylic acids is 2. The summed E-state index contributed by atoms with van der Waals surface area (Å²) in [6.07, 6.45) is 2.41. The van der Waals surface area contributed by atoms with Crippen LogP contribution in [-0.2, 0) is 4.79 Å². The first-order chi connectivity index (χ1) is 8.65. The van der Waals surface area contributed by atoms with Gasteiger partial charge in [-0.15, -0.1) is 0 Å². The zero-order chi connectivity index (χ0) is 13.1. The van der Waals surface area contributed by atoms with Crippen LogP contribution >= 0.6 is 0 Å². The van der Waals surface area contributed by atoms with Crippen molar-refractivity contribution < 1.29 is 9.59 Å². The number of hydrogen-bond acceptors (Lipinski definition) is 2. The molecule has 2 rings (SSSR count). The maximum absolute atomic E-state index is 12.3. The molecule has 0 bridgehead atoms. The monoisotopic (exact) mass is 253 g/mol. The van der Waals surface area contributed by atoms with Gasteiger partial charge in [0.1, 0.15) is 0 Å². The number of carbonyl (C=O) groups is 2.